The van der Waals surface area contributed by atoms with Gasteiger partial charge in [0.05, 0.1) is 6.61 Å². The highest BCUT2D eigenvalue weighted by atomic mass is 16.5. The van der Waals surface area contributed by atoms with Crippen LogP contribution in [-0.2, 0) is 11.3 Å². The summed E-state index contributed by atoms with van der Waals surface area (Å²) in [6.07, 6.45) is 2.43. The third-order valence-corrected chi connectivity index (χ3v) is 4.07. The molecular weight excluding hydrogens is 236 g/mol. The van der Waals surface area contributed by atoms with E-state index in [0.29, 0.717) is 18.6 Å². The molecule has 1 aliphatic heterocycles. The van der Waals surface area contributed by atoms with E-state index in [4.69, 9.17) is 10.5 Å². The lowest BCUT2D eigenvalue weighted by molar-refractivity contribution is 0.184. The summed E-state index contributed by atoms with van der Waals surface area (Å²) in [6, 6.07) is 9.34. The van der Waals surface area contributed by atoms with Crippen molar-refractivity contribution in [2.75, 3.05) is 26.7 Å². The standard InChI is InChI=1S/C16H26N2O/c1-3-9-18-10-8-15(11-17)16(18)14-6-4-13(5-7-14)12-19-2/h4-7,15-16H,3,8-12,17H2,1-2H3. The zero-order chi connectivity index (χ0) is 13.7. The normalized spacial score (nSPS) is 23.9. The highest BCUT2D eigenvalue weighted by Crippen LogP contribution is 2.36. The fraction of sp³-hybridized carbons (Fsp3) is 0.625. The number of benzene rings is 1. The number of nitrogens with zero attached hydrogens (tertiary/aromatic N) is 1. The van der Waals surface area contributed by atoms with Gasteiger partial charge in [0.2, 0.25) is 0 Å². The maximum Gasteiger partial charge on any atom is 0.0713 e. The molecule has 1 saturated heterocycles. The van der Waals surface area contributed by atoms with Crippen molar-refractivity contribution in [1.29, 1.82) is 0 Å². The van der Waals surface area contributed by atoms with Crippen LogP contribution >= 0.6 is 0 Å². The first kappa shape index (κ1) is 14.5. The Morgan fingerprint density at radius 3 is 2.63 bits per heavy atom. The van der Waals surface area contributed by atoms with Crippen LogP contribution in [0, 0.1) is 5.92 Å². The molecule has 2 atom stereocenters. The van der Waals surface area contributed by atoms with Crippen LogP contribution < -0.4 is 5.73 Å². The largest absolute Gasteiger partial charge is 0.380 e. The minimum atomic E-state index is 0.501. The molecule has 0 radical (unpaired) electrons. The molecule has 0 aliphatic carbocycles. The van der Waals surface area contributed by atoms with Crippen LogP contribution in [0.5, 0.6) is 0 Å². The molecule has 3 heteroatoms. The molecule has 2 N–H and O–H groups in total. The van der Waals surface area contributed by atoms with Gasteiger partial charge < -0.3 is 10.5 Å². The molecule has 3 nitrogen and oxygen atoms in total. The molecule has 1 aromatic carbocycles. The van der Waals surface area contributed by atoms with Gasteiger partial charge in [0, 0.05) is 13.2 Å². The Morgan fingerprint density at radius 2 is 2.05 bits per heavy atom. The second-order valence-corrected chi connectivity index (χ2v) is 5.44. The van der Waals surface area contributed by atoms with Crippen molar-refractivity contribution in [1.82, 2.24) is 4.90 Å². The summed E-state index contributed by atoms with van der Waals surface area (Å²) in [5.74, 6) is 0.597. The van der Waals surface area contributed by atoms with E-state index in [1.165, 1.54) is 37.1 Å². The summed E-state index contributed by atoms with van der Waals surface area (Å²) >= 11 is 0. The maximum absolute atomic E-state index is 5.95. The zero-order valence-corrected chi connectivity index (χ0v) is 12.1. The quantitative estimate of drug-likeness (QED) is 0.856. The fourth-order valence-corrected chi connectivity index (χ4v) is 3.17. The third-order valence-electron chi connectivity index (χ3n) is 4.07. The molecule has 1 heterocycles. The second-order valence-electron chi connectivity index (χ2n) is 5.44. The summed E-state index contributed by atoms with van der Waals surface area (Å²) in [7, 11) is 1.73. The van der Waals surface area contributed by atoms with Crippen LogP contribution in [0.4, 0.5) is 0 Å². The van der Waals surface area contributed by atoms with Crippen LogP contribution in [0.2, 0.25) is 0 Å². The Hall–Kier alpha value is -0.900. The van der Waals surface area contributed by atoms with Crippen molar-refractivity contribution < 1.29 is 4.74 Å². The van der Waals surface area contributed by atoms with Crippen molar-refractivity contribution in [3.63, 3.8) is 0 Å². The molecule has 1 aliphatic rings. The summed E-state index contributed by atoms with van der Waals surface area (Å²) in [6.45, 7) is 6.06. The van der Waals surface area contributed by atoms with E-state index in [9.17, 15) is 0 Å². The summed E-state index contributed by atoms with van der Waals surface area (Å²) in [5, 5.41) is 0. The number of methoxy groups -OCH3 is 1. The van der Waals surface area contributed by atoms with Crippen molar-refractivity contribution in [2.45, 2.75) is 32.4 Å². The summed E-state index contributed by atoms with van der Waals surface area (Å²) < 4.78 is 5.16. The summed E-state index contributed by atoms with van der Waals surface area (Å²) in [4.78, 5) is 2.59. The van der Waals surface area contributed by atoms with Gasteiger partial charge in [-0.3, -0.25) is 4.90 Å². The number of ether oxygens (including phenoxy) is 1. The van der Waals surface area contributed by atoms with Crippen molar-refractivity contribution in [3.05, 3.63) is 35.4 Å². The van der Waals surface area contributed by atoms with Crippen LogP contribution in [0.25, 0.3) is 0 Å². The summed E-state index contributed by atoms with van der Waals surface area (Å²) in [5.41, 5.74) is 8.59. The number of hydrogen-bond acceptors (Lipinski definition) is 3. The highest BCUT2D eigenvalue weighted by Gasteiger charge is 2.33. The number of hydrogen-bond donors (Lipinski definition) is 1. The lowest BCUT2D eigenvalue weighted by atomic mass is 9.93. The van der Waals surface area contributed by atoms with Gasteiger partial charge in [0.15, 0.2) is 0 Å². The Balaban J connectivity index is 2.15. The Labute approximate surface area is 116 Å². The molecule has 0 spiro atoms. The number of rotatable bonds is 6. The highest BCUT2D eigenvalue weighted by molar-refractivity contribution is 5.26. The van der Waals surface area contributed by atoms with Crippen LogP contribution in [0.3, 0.4) is 0 Å². The third kappa shape index (κ3) is 3.35. The predicted octanol–water partition coefficient (Wildman–Crippen LogP) is 2.56. The van der Waals surface area contributed by atoms with Gasteiger partial charge in [-0.25, -0.2) is 0 Å². The lowest BCUT2D eigenvalue weighted by Crippen LogP contribution is -2.28. The smallest absolute Gasteiger partial charge is 0.0713 e. The SMILES string of the molecule is CCCN1CCC(CN)C1c1ccc(COC)cc1. The second kappa shape index (κ2) is 7.04. The molecule has 19 heavy (non-hydrogen) atoms. The predicted molar refractivity (Wildman–Crippen MR) is 78.9 cm³/mol. The van der Waals surface area contributed by atoms with E-state index in [0.717, 1.165) is 6.54 Å². The molecule has 106 valence electrons. The average molecular weight is 262 g/mol. The molecule has 0 bridgehead atoms. The van der Waals surface area contributed by atoms with Crippen molar-refractivity contribution >= 4 is 0 Å². The van der Waals surface area contributed by atoms with Crippen LogP contribution in [0.1, 0.15) is 36.9 Å². The first-order valence-electron chi connectivity index (χ1n) is 7.32. The molecule has 1 fully saturated rings. The minimum absolute atomic E-state index is 0.501. The number of nitrogens with two attached hydrogens (primary N) is 1. The van der Waals surface area contributed by atoms with Crippen molar-refractivity contribution in [2.24, 2.45) is 11.7 Å². The van der Waals surface area contributed by atoms with Gasteiger partial charge in [-0.1, -0.05) is 31.2 Å². The zero-order valence-electron chi connectivity index (χ0n) is 12.1. The Bertz CT molecular complexity index is 377. The molecular formula is C16H26N2O. The van der Waals surface area contributed by atoms with E-state index in [1.807, 2.05) is 0 Å². The first-order chi connectivity index (χ1) is 9.30. The van der Waals surface area contributed by atoms with Crippen LogP contribution in [0.15, 0.2) is 24.3 Å². The van der Waals surface area contributed by atoms with E-state index in [-0.39, 0.29) is 0 Å². The Kier molecular flexibility index (Phi) is 5.37. The molecule has 0 aromatic heterocycles. The monoisotopic (exact) mass is 262 g/mol. The van der Waals surface area contributed by atoms with Gasteiger partial charge in [0.1, 0.15) is 0 Å². The number of likely N-dealkylation sites (tertiary alicyclic amines) is 1. The molecule has 1 aromatic rings. The molecule has 0 saturated carbocycles. The van der Waals surface area contributed by atoms with Gasteiger partial charge in [0.25, 0.3) is 0 Å². The van der Waals surface area contributed by atoms with Gasteiger partial charge in [-0.2, -0.15) is 0 Å². The molecule has 2 rings (SSSR count). The molecule has 2 unspecified atom stereocenters. The average Bonchev–Trinajstić information content (AvgIpc) is 2.83. The van der Waals surface area contributed by atoms with E-state index >= 15 is 0 Å². The minimum Gasteiger partial charge on any atom is -0.380 e. The lowest BCUT2D eigenvalue weighted by Gasteiger charge is -2.28. The van der Waals surface area contributed by atoms with E-state index in [2.05, 4.69) is 36.1 Å². The molecule has 0 amide bonds. The first-order valence-corrected chi connectivity index (χ1v) is 7.32. The van der Waals surface area contributed by atoms with E-state index < -0.39 is 0 Å². The van der Waals surface area contributed by atoms with Crippen molar-refractivity contribution in [3.8, 4) is 0 Å². The van der Waals surface area contributed by atoms with Gasteiger partial charge >= 0.3 is 0 Å². The topological polar surface area (TPSA) is 38.5 Å². The van der Waals surface area contributed by atoms with E-state index in [1.54, 1.807) is 7.11 Å². The van der Waals surface area contributed by atoms with Crippen LogP contribution in [-0.4, -0.2) is 31.6 Å². The van der Waals surface area contributed by atoms with Gasteiger partial charge in [-0.15, -0.1) is 0 Å². The fourth-order valence-electron chi connectivity index (χ4n) is 3.17. The maximum atomic E-state index is 5.95. The Morgan fingerprint density at radius 1 is 1.32 bits per heavy atom. The van der Waals surface area contributed by atoms with Gasteiger partial charge in [-0.05, 0) is 49.5 Å².